The largest absolute Gasteiger partial charge is 0.519 e. The van der Waals surface area contributed by atoms with Crippen molar-refractivity contribution in [1.82, 2.24) is 30.0 Å². The van der Waals surface area contributed by atoms with E-state index in [1.165, 1.54) is 45.9 Å². The predicted molar refractivity (Wildman–Crippen MR) is 325 cm³/mol. The molecule has 6 rings (SSSR count). The van der Waals surface area contributed by atoms with E-state index >= 15 is 0 Å². The lowest BCUT2D eigenvalue weighted by atomic mass is 10.0. The van der Waals surface area contributed by atoms with E-state index in [1.807, 2.05) is 0 Å². The quantitative estimate of drug-likeness (QED) is 0.0285. The van der Waals surface area contributed by atoms with E-state index in [1.54, 1.807) is 102 Å². The van der Waals surface area contributed by atoms with Crippen LogP contribution in [0.25, 0.3) is 28.6 Å². The zero-order valence-electron chi connectivity index (χ0n) is 51.6. The van der Waals surface area contributed by atoms with Crippen molar-refractivity contribution in [2.24, 2.45) is 4.99 Å². The van der Waals surface area contributed by atoms with E-state index in [-0.39, 0.29) is 30.7 Å². The van der Waals surface area contributed by atoms with Gasteiger partial charge in [-0.25, -0.2) is 23.2 Å². The van der Waals surface area contributed by atoms with Gasteiger partial charge in [0.1, 0.15) is 35.2 Å². The molecule has 3 amide bonds. The summed E-state index contributed by atoms with van der Waals surface area (Å²) in [7, 11) is 0. The number of fused-ring (bicyclic) bond motifs is 2. The number of aromatic amines is 1. The maximum absolute atomic E-state index is 14.2. The summed E-state index contributed by atoms with van der Waals surface area (Å²) < 4.78 is 53.4. The molecule has 4 aromatic rings. The van der Waals surface area contributed by atoms with Crippen LogP contribution in [0.2, 0.25) is 0 Å². The van der Waals surface area contributed by atoms with Crippen molar-refractivity contribution in [3.05, 3.63) is 98.5 Å². The van der Waals surface area contributed by atoms with Crippen LogP contribution in [-0.4, -0.2) is 147 Å². The van der Waals surface area contributed by atoms with Gasteiger partial charge in [-0.1, -0.05) is 35.1 Å². The number of ether oxygens (including phenoxy) is 5. The molecular formula is C62H88F2N8O13. The Bertz CT molecular complexity index is 3160. The fourth-order valence-corrected chi connectivity index (χ4v) is 8.87. The third kappa shape index (κ3) is 20.1. The van der Waals surface area contributed by atoms with Crippen molar-refractivity contribution >= 4 is 76.2 Å². The predicted octanol–water partition coefficient (Wildman–Crippen LogP) is 11.2. The number of halogens is 2. The number of rotatable bonds is 17. The van der Waals surface area contributed by atoms with Crippen LogP contribution in [0, 0.1) is 25.5 Å². The normalized spacial score (nSPS) is 14.1. The number of aromatic nitrogens is 2. The minimum absolute atomic E-state index is 0. The molecule has 5 N–H and O–H groups in total. The number of carbonyl (C=O) groups excluding carboxylic acids is 6. The van der Waals surface area contributed by atoms with Gasteiger partial charge in [0.25, 0.3) is 17.7 Å². The third-order valence-electron chi connectivity index (χ3n) is 13.0. The molecule has 0 spiro atoms. The molecule has 2 aliphatic rings. The van der Waals surface area contributed by atoms with E-state index in [2.05, 4.69) is 62.8 Å². The molecule has 85 heavy (non-hydrogen) atoms. The Hall–Kier alpha value is -7.89. The number of likely N-dealkylation sites (N-methyl/N-ethyl adjacent to an activating group) is 2. The highest BCUT2D eigenvalue weighted by Crippen LogP contribution is 2.40. The SMILES string of the molecule is C.CC(C)(C)OC(=O)OC(=O)OC(C)(C)C.CCN(CC)CCNC(=O)C1=C(C)C(=Cc2c(O)n(CO)c3ccc(F)cc23)N=C1C.CCN(CC)CCNC(=O)c1c(C)[nH]c(/C=C2\C(=O)N(COC(=O)OC(C)(C)C)c3ccc(F)cc32)c1C. The Balaban J connectivity index is 0.000000362. The standard InChI is InChI=1S/C28H37FN4O5.C23H29FN4O3.C10H18O5.CH4/c1-8-32(9-2)13-12-30-25(34)24-17(3)22(31-18(24)4)15-21-20-14-19(29)10-11-23(20)33(26(21)35)16-37-27(36)38-28(5,6)7;1-5-27(6-2)10-9-25-22(30)21-14(3)19(26-15(21)4)12-18-17-11-16(24)7-8-20(17)28(13-29)23(18)31;1-9(2,3)14-7(11)13-8(12)15-10(4,5)6;/h10-11,14-15,31H,8-9,12-13,16H2,1-7H3,(H,30,34);7-8,11-12,29,31H,5-6,9-10,13H2,1-4H3,(H,25,30);1-6H3;1H4/b21-15-;;;. The molecule has 21 nitrogen and oxygen atoms in total. The maximum atomic E-state index is 14.2. The number of aliphatic hydroxyl groups is 1. The minimum Gasteiger partial charge on any atom is -0.494 e. The number of aryl methyl sites for hydroxylation is 1. The van der Waals surface area contributed by atoms with Crippen LogP contribution in [0.1, 0.15) is 150 Å². The first-order valence-electron chi connectivity index (χ1n) is 27.8. The summed E-state index contributed by atoms with van der Waals surface area (Å²) in [5, 5.41) is 26.6. The van der Waals surface area contributed by atoms with Crippen LogP contribution in [0.15, 0.2) is 58.2 Å². The molecule has 4 heterocycles. The average molecular weight is 1190 g/mol. The van der Waals surface area contributed by atoms with Crippen LogP contribution in [0.5, 0.6) is 5.88 Å². The molecule has 2 aliphatic heterocycles. The molecule has 0 radical (unpaired) electrons. The van der Waals surface area contributed by atoms with Crippen molar-refractivity contribution in [3.8, 4) is 5.88 Å². The summed E-state index contributed by atoms with van der Waals surface area (Å²) in [6.07, 6.45) is 0.189. The fraction of sp³-hybridized carbons (Fsp3) is 0.500. The third-order valence-corrected chi connectivity index (χ3v) is 13.0. The second kappa shape index (κ2) is 30.8. The number of nitrogens with one attached hydrogen (secondary N) is 3. The Kier molecular flexibility index (Phi) is 25.8. The lowest BCUT2D eigenvalue weighted by Crippen LogP contribution is -2.36. The minimum atomic E-state index is -1.06. The van der Waals surface area contributed by atoms with E-state index in [9.17, 15) is 47.8 Å². The summed E-state index contributed by atoms with van der Waals surface area (Å²) in [5.41, 5.74) is 4.36. The van der Waals surface area contributed by atoms with Crippen molar-refractivity contribution in [1.29, 1.82) is 0 Å². The monoisotopic (exact) mass is 1190 g/mol. The van der Waals surface area contributed by atoms with Crippen molar-refractivity contribution in [2.75, 3.05) is 64.0 Å². The zero-order chi connectivity index (χ0) is 63.2. The molecule has 468 valence electrons. The van der Waals surface area contributed by atoms with E-state index in [4.69, 9.17) is 18.9 Å². The number of aliphatic imine (C=N–C) groups is 1. The first-order valence-corrected chi connectivity index (χ1v) is 27.8. The summed E-state index contributed by atoms with van der Waals surface area (Å²) in [5.74, 6) is -2.01. The number of benzene rings is 2. The Morgan fingerprint density at radius 1 is 0.729 bits per heavy atom. The zero-order valence-corrected chi connectivity index (χ0v) is 51.6. The molecule has 23 heteroatoms. The van der Waals surface area contributed by atoms with Gasteiger partial charge in [0.05, 0.1) is 39.3 Å². The van der Waals surface area contributed by atoms with Gasteiger partial charge in [0, 0.05) is 54.1 Å². The number of H-pyrrole nitrogens is 1. The van der Waals surface area contributed by atoms with E-state index in [0.717, 1.165) is 39.3 Å². The average Bonchev–Trinajstić information content (AvgIpc) is 1.87. The lowest BCUT2D eigenvalue weighted by Gasteiger charge is -2.21. The summed E-state index contributed by atoms with van der Waals surface area (Å²) in [4.78, 5) is 86.5. The number of hydrogen-bond acceptors (Lipinski definition) is 16. The van der Waals surface area contributed by atoms with Gasteiger partial charge in [-0.2, -0.15) is 0 Å². The number of nitrogens with zero attached hydrogens (tertiary/aromatic N) is 5. The lowest BCUT2D eigenvalue weighted by molar-refractivity contribution is -0.117. The van der Waals surface area contributed by atoms with Gasteiger partial charge in [0.2, 0.25) is 5.88 Å². The summed E-state index contributed by atoms with van der Waals surface area (Å²) in [6.45, 7) is 36.0. The summed E-state index contributed by atoms with van der Waals surface area (Å²) in [6, 6.07) is 8.04. The van der Waals surface area contributed by atoms with Crippen LogP contribution < -0.4 is 15.5 Å². The van der Waals surface area contributed by atoms with Gasteiger partial charge in [-0.3, -0.25) is 28.8 Å². The number of allylic oxidation sites excluding steroid dienone is 1. The first-order chi connectivity index (χ1) is 39.2. The number of aliphatic hydroxyl groups excluding tert-OH is 1. The summed E-state index contributed by atoms with van der Waals surface area (Å²) >= 11 is 0. The van der Waals surface area contributed by atoms with Gasteiger partial charge in [0.15, 0.2) is 6.73 Å². The van der Waals surface area contributed by atoms with Crippen molar-refractivity contribution < 1.29 is 71.4 Å². The van der Waals surface area contributed by atoms with Gasteiger partial charge >= 0.3 is 18.5 Å². The molecule has 0 saturated heterocycles. The van der Waals surface area contributed by atoms with E-state index < -0.39 is 66.3 Å². The van der Waals surface area contributed by atoms with Crippen molar-refractivity contribution in [2.45, 2.75) is 149 Å². The number of anilines is 1. The highest BCUT2D eigenvalue weighted by Gasteiger charge is 2.35. The van der Waals surface area contributed by atoms with Gasteiger partial charge in [-0.05, 0) is 176 Å². The second-order valence-electron chi connectivity index (χ2n) is 22.6. The van der Waals surface area contributed by atoms with Crippen molar-refractivity contribution in [3.63, 3.8) is 0 Å². The molecule has 0 bridgehead atoms. The smallest absolute Gasteiger partial charge is 0.494 e. The highest BCUT2D eigenvalue weighted by atomic mass is 19.1. The van der Waals surface area contributed by atoms with Crippen LogP contribution in [0.3, 0.4) is 0 Å². The molecule has 2 aromatic heterocycles. The Labute approximate surface area is 498 Å². The molecule has 0 unspecified atom stereocenters. The fourth-order valence-electron chi connectivity index (χ4n) is 8.87. The molecule has 0 fully saturated rings. The van der Waals surface area contributed by atoms with Crippen LogP contribution >= 0.6 is 0 Å². The van der Waals surface area contributed by atoms with E-state index in [0.29, 0.717) is 85.9 Å². The van der Waals surface area contributed by atoms with Gasteiger partial charge < -0.3 is 59.3 Å². The number of aromatic hydroxyl groups is 1. The number of carbonyl (C=O) groups is 6. The molecular weight excluding hydrogens is 1100 g/mol. The molecule has 0 saturated carbocycles. The maximum Gasteiger partial charge on any atom is 0.519 e. The number of hydrogen-bond donors (Lipinski definition) is 5. The van der Waals surface area contributed by atoms with Crippen LogP contribution in [-0.2, 0) is 40.0 Å². The second-order valence-corrected chi connectivity index (χ2v) is 22.6. The Morgan fingerprint density at radius 2 is 1.24 bits per heavy atom. The number of amides is 3. The van der Waals surface area contributed by atoms with Crippen LogP contribution in [0.4, 0.5) is 28.9 Å². The first kappa shape index (κ1) is 71.4. The topological polar surface area (TPSA) is 256 Å². The Morgan fingerprint density at radius 3 is 1.75 bits per heavy atom. The molecule has 2 aromatic carbocycles. The molecule has 0 atom stereocenters. The molecule has 0 aliphatic carbocycles. The van der Waals surface area contributed by atoms with Gasteiger partial charge in [-0.15, -0.1) is 0 Å². The highest BCUT2D eigenvalue weighted by molar-refractivity contribution is 6.35.